The predicted octanol–water partition coefficient (Wildman–Crippen LogP) is 0.130. The lowest BCUT2D eigenvalue weighted by atomic mass is 9.95. The highest BCUT2D eigenvalue weighted by Crippen LogP contribution is 2.47. The number of aliphatic hydroxyl groups excluding tert-OH is 5. The average Bonchev–Trinajstić information content (AvgIpc) is 2.99. The van der Waals surface area contributed by atoms with Crippen LogP contribution in [0.1, 0.15) is 30.4 Å². The van der Waals surface area contributed by atoms with E-state index in [1.54, 1.807) is 12.1 Å². The van der Waals surface area contributed by atoms with E-state index in [-0.39, 0.29) is 73.0 Å². The molecule has 0 aromatic heterocycles. The Morgan fingerprint density at radius 3 is 2.09 bits per heavy atom. The summed E-state index contributed by atoms with van der Waals surface area (Å²) in [5, 5.41) is 70.0. The molecule has 238 valence electrons. The van der Waals surface area contributed by atoms with Gasteiger partial charge in [-0.3, -0.25) is 9.59 Å². The Bertz CT molecular complexity index is 1250. The third-order valence-electron chi connectivity index (χ3n) is 6.87. The number of carbonyl (C=O) groups is 2. The lowest BCUT2D eigenvalue weighted by Gasteiger charge is -2.40. The smallest absolute Gasteiger partial charge is 0.306 e. The van der Waals surface area contributed by atoms with Crippen LogP contribution in [0.25, 0.3) is 11.1 Å². The van der Waals surface area contributed by atoms with Crippen LogP contribution in [0.2, 0.25) is 0 Å². The van der Waals surface area contributed by atoms with Gasteiger partial charge in [0, 0.05) is 37.0 Å². The number of aromatic hydroxyl groups is 1. The zero-order chi connectivity index (χ0) is 31.7. The lowest BCUT2D eigenvalue weighted by Crippen LogP contribution is -2.60. The fourth-order valence-electron chi connectivity index (χ4n) is 4.55. The number of aliphatic hydroxyl groups is 5. The number of hydrogen-bond donors (Lipinski definition) is 7. The zero-order valence-corrected chi connectivity index (χ0v) is 23.8. The van der Waals surface area contributed by atoms with Crippen LogP contribution in [0.3, 0.4) is 0 Å². The molecule has 0 bridgehead atoms. The quantitative estimate of drug-likeness (QED) is 0.105. The van der Waals surface area contributed by atoms with Crippen molar-refractivity contribution in [3.05, 3.63) is 35.4 Å². The summed E-state index contributed by atoms with van der Waals surface area (Å²) in [4.78, 5) is 23.5. The van der Waals surface area contributed by atoms with Crippen molar-refractivity contribution in [1.82, 2.24) is 0 Å². The Balaban J connectivity index is 2.10. The number of rotatable bonds is 15. The van der Waals surface area contributed by atoms with Crippen LogP contribution in [-0.2, 0) is 31.9 Å². The topological polar surface area (TPSA) is 222 Å². The standard InChI is InChI=1S/C29H38O14/c1-39-19-12-16(5-7-23(34)41-9-3-8-30)10-17(24(19)35)18-11-15(4-6-22(32)33)13-20(40-2)28(18)43-29-27(38)26(37)25(36)21(14-31)42-29/h10-13,21,25-27,29-31,35-38H,3-9,14H2,1-2H3,(H,32,33). The molecule has 0 saturated carbocycles. The van der Waals surface area contributed by atoms with E-state index in [1.807, 2.05) is 0 Å². The van der Waals surface area contributed by atoms with Crippen LogP contribution in [0.5, 0.6) is 23.0 Å². The molecule has 14 nitrogen and oxygen atoms in total. The molecule has 1 aliphatic heterocycles. The van der Waals surface area contributed by atoms with Gasteiger partial charge in [0.25, 0.3) is 0 Å². The molecule has 2 aromatic carbocycles. The van der Waals surface area contributed by atoms with Crippen molar-refractivity contribution in [1.29, 1.82) is 0 Å². The molecule has 1 aliphatic rings. The number of benzene rings is 2. The summed E-state index contributed by atoms with van der Waals surface area (Å²) < 4.78 is 27.5. The molecule has 1 fully saturated rings. The normalized spacial score (nSPS) is 21.7. The molecule has 0 spiro atoms. The first kappa shape index (κ1) is 33.8. The average molecular weight is 611 g/mol. The van der Waals surface area contributed by atoms with E-state index in [2.05, 4.69) is 0 Å². The number of esters is 1. The molecule has 5 atom stereocenters. The summed E-state index contributed by atoms with van der Waals surface area (Å²) in [5.41, 5.74) is 1.35. The van der Waals surface area contributed by atoms with Gasteiger partial charge in [-0.2, -0.15) is 0 Å². The number of ether oxygens (including phenoxy) is 5. The number of aliphatic carboxylic acids is 1. The van der Waals surface area contributed by atoms with Gasteiger partial charge in [0.1, 0.15) is 24.4 Å². The van der Waals surface area contributed by atoms with E-state index in [0.29, 0.717) is 17.5 Å². The number of carbonyl (C=O) groups excluding carboxylic acids is 1. The lowest BCUT2D eigenvalue weighted by molar-refractivity contribution is -0.277. The van der Waals surface area contributed by atoms with Gasteiger partial charge in [0.05, 0.1) is 27.4 Å². The highest BCUT2D eigenvalue weighted by Gasteiger charge is 2.45. The van der Waals surface area contributed by atoms with Crippen LogP contribution < -0.4 is 14.2 Å². The van der Waals surface area contributed by atoms with Crippen LogP contribution in [0.15, 0.2) is 24.3 Å². The molecular formula is C29H38O14. The molecule has 14 heteroatoms. The zero-order valence-electron chi connectivity index (χ0n) is 23.8. The van der Waals surface area contributed by atoms with Gasteiger partial charge in [0.2, 0.25) is 6.29 Å². The highest BCUT2D eigenvalue weighted by molar-refractivity contribution is 5.82. The summed E-state index contributed by atoms with van der Waals surface area (Å²) >= 11 is 0. The molecule has 3 rings (SSSR count). The second-order valence-electron chi connectivity index (χ2n) is 9.88. The molecule has 2 aromatic rings. The van der Waals surface area contributed by atoms with E-state index >= 15 is 0 Å². The van der Waals surface area contributed by atoms with Gasteiger partial charge in [-0.15, -0.1) is 0 Å². The molecule has 0 radical (unpaired) electrons. The number of carboxylic acid groups (broad SMARTS) is 1. The Morgan fingerprint density at radius 2 is 1.49 bits per heavy atom. The molecule has 0 aliphatic carbocycles. The third kappa shape index (κ3) is 8.46. The third-order valence-corrected chi connectivity index (χ3v) is 6.87. The van der Waals surface area contributed by atoms with Gasteiger partial charge in [0.15, 0.2) is 23.0 Å². The number of phenolic OH excluding ortho intramolecular Hbond substituents is 1. The van der Waals surface area contributed by atoms with Crippen LogP contribution in [-0.4, -0.2) is 112 Å². The number of methoxy groups -OCH3 is 2. The van der Waals surface area contributed by atoms with Gasteiger partial charge in [-0.25, -0.2) is 0 Å². The maximum Gasteiger partial charge on any atom is 0.306 e. The van der Waals surface area contributed by atoms with Crippen molar-refractivity contribution in [3.63, 3.8) is 0 Å². The van der Waals surface area contributed by atoms with Crippen molar-refractivity contribution < 1.29 is 69.0 Å². The summed E-state index contributed by atoms with van der Waals surface area (Å²) in [5.74, 6) is -1.83. The van der Waals surface area contributed by atoms with Crippen molar-refractivity contribution in [2.75, 3.05) is 34.0 Å². The predicted molar refractivity (Wildman–Crippen MR) is 148 cm³/mol. The van der Waals surface area contributed by atoms with Crippen molar-refractivity contribution in [3.8, 4) is 34.1 Å². The molecule has 1 heterocycles. The summed E-state index contributed by atoms with van der Waals surface area (Å²) in [6.07, 6.45) is -7.65. The second-order valence-corrected chi connectivity index (χ2v) is 9.88. The fraction of sp³-hybridized carbons (Fsp3) is 0.517. The van der Waals surface area contributed by atoms with Crippen LogP contribution >= 0.6 is 0 Å². The van der Waals surface area contributed by atoms with Gasteiger partial charge >= 0.3 is 11.9 Å². The monoisotopic (exact) mass is 610 g/mol. The van der Waals surface area contributed by atoms with E-state index in [0.717, 1.165) is 0 Å². The Hall–Kier alpha value is -3.66. The Labute approximate surface area is 247 Å². The fourth-order valence-corrected chi connectivity index (χ4v) is 4.55. The summed E-state index contributed by atoms with van der Waals surface area (Å²) in [6, 6.07) is 6.15. The SMILES string of the molecule is COc1cc(CCC(=O)OCCCO)cc(-c2cc(CCC(=O)O)cc(OC)c2OC2OC(CO)C(O)C(O)C2O)c1O. The van der Waals surface area contributed by atoms with Crippen molar-refractivity contribution in [2.24, 2.45) is 0 Å². The van der Waals surface area contributed by atoms with E-state index in [4.69, 9.17) is 28.8 Å². The van der Waals surface area contributed by atoms with Crippen molar-refractivity contribution in [2.45, 2.75) is 62.8 Å². The molecule has 43 heavy (non-hydrogen) atoms. The minimum atomic E-state index is -1.76. The molecule has 5 unspecified atom stereocenters. The Morgan fingerprint density at radius 1 is 0.860 bits per heavy atom. The van der Waals surface area contributed by atoms with E-state index in [1.165, 1.54) is 26.4 Å². The number of carboxylic acids is 1. The Kier molecular flexibility index (Phi) is 12.4. The van der Waals surface area contributed by atoms with Crippen LogP contribution in [0.4, 0.5) is 0 Å². The van der Waals surface area contributed by atoms with Crippen LogP contribution in [0, 0.1) is 0 Å². The molecule has 7 N–H and O–H groups in total. The highest BCUT2D eigenvalue weighted by atomic mass is 16.7. The number of aryl methyl sites for hydroxylation is 2. The molecule has 0 amide bonds. The first-order valence-electron chi connectivity index (χ1n) is 13.6. The number of hydrogen-bond acceptors (Lipinski definition) is 13. The molecule has 1 saturated heterocycles. The minimum absolute atomic E-state index is 0.0189. The maximum absolute atomic E-state index is 12.2. The maximum atomic E-state index is 12.2. The summed E-state index contributed by atoms with van der Waals surface area (Å²) in [6.45, 7) is -0.735. The molecular weight excluding hydrogens is 572 g/mol. The minimum Gasteiger partial charge on any atom is -0.504 e. The first-order valence-corrected chi connectivity index (χ1v) is 13.6. The summed E-state index contributed by atoms with van der Waals surface area (Å²) in [7, 11) is 2.65. The number of phenols is 1. The largest absolute Gasteiger partial charge is 0.504 e. The van der Waals surface area contributed by atoms with Crippen molar-refractivity contribution >= 4 is 11.9 Å². The first-order chi connectivity index (χ1) is 20.5. The van der Waals surface area contributed by atoms with E-state index < -0.39 is 49.3 Å². The van der Waals surface area contributed by atoms with Gasteiger partial charge in [-0.05, 0) is 48.2 Å². The van der Waals surface area contributed by atoms with Gasteiger partial charge < -0.3 is 59.4 Å². The van der Waals surface area contributed by atoms with E-state index in [9.17, 15) is 40.2 Å². The van der Waals surface area contributed by atoms with Gasteiger partial charge in [-0.1, -0.05) is 0 Å². The second kappa shape index (κ2) is 15.7.